The third-order valence-corrected chi connectivity index (χ3v) is 6.54. The van der Waals surface area contributed by atoms with E-state index in [1.165, 1.54) is 7.11 Å². The SMILES string of the molecule is COc1ccc(C)cc1S(=O)(=O)N1CCC2(CCNC2)C1. The van der Waals surface area contributed by atoms with Gasteiger partial charge in [-0.3, -0.25) is 0 Å². The van der Waals surface area contributed by atoms with E-state index in [0.29, 0.717) is 18.8 Å². The minimum atomic E-state index is -3.49. The molecule has 0 saturated carbocycles. The second-order valence-electron chi connectivity index (χ2n) is 6.17. The number of methoxy groups -OCH3 is 1. The van der Waals surface area contributed by atoms with Crippen LogP contribution in [0.3, 0.4) is 0 Å². The van der Waals surface area contributed by atoms with Crippen LogP contribution < -0.4 is 10.1 Å². The minimum Gasteiger partial charge on any atom is -0.495 e. The van der Waals surface area contributed by atoms with Crippen LogP contribution in [0.1, 0.15) is 18.4 Å². The predicted octanol–water partition coefficient (Wildman–Crippen LogP) is 1.38. The third-order valence-electron chi connectivity index (χ3n) is 4.67. The first-order valence-corrected chi connectivity index (χ1v) is 8.76. The molecule has 2 aliphatic heterocycles. The molecule has 1 unspecified atom stereocenters. The molecule has 2 aliphatic rings. The smallest absolute Gasteiger partial charge is 0.246 e. The van der Waals surface area contributed by atoms with Crippen LogP contribution in [0.4, 0.5) is 0 Å². The van der Waals surface area contributed by atoms with Crippen LogP contribution >= 0.6 is 0 Å². The summed E-state index contributed by atoms with van der Waals surface area (Å²) >= 11 is 0. The number of rotatable bonds is 3. The highest BCUT2D eigenvalue weighted by Gasteiger charge is 2.45. The highest BCUT2D eigenvalue weighted by atomic mass is 32.2. The van der Waals surface area contributed by atoms with Crippen LogP contribution in [0.25, 0.3) is 0 Å². The number of benzene rings is 1. The van der Waals surface area contributed by atoms with E-state index in [0.717, 1.165) is 31.5 Å². The molecule has 0 radical (unpaired) electrons. The molecule has 1 aromatic rings. The van der Waals surface area contributed by atoms with Crippen molar-refractivity contribution in [1.82, 2.24) is 9.62 Å². The summed E-state index contributed by atoms with van der Waals surface area (Å²) in [5.41, 5.74) is 1.05. The predicted molar refractivity (Wildman–Crippen MR) is 81.0 cm³/mol. The number of ether oxygens (including phenoxy) is 1. The standard InChI is InChI=1S/C15H22N2O3S/c1-12-3-4-13(20-2)14(9-12)21(18,19)17-8-6-15(11-17)5-7-16-10-15/h3-4,9,16H,5-8,10-11H2,1-2H3. The number of sulfonamides is 1. The lowest BCUT2D eigenvalue weighted by molar-refractivity contribution is 0.337. The summed E-state index contributed by atoms with van der Waals surface area (Å²) in [6.07, 6.45) is 2.00. The molecule has 116 valence electrons. The summed E-state index contributed by atoms with van der Waals surface area (Å²) in [4.78, 5) is 0.285. The van der Waals surface area contributed by atoms with Crippen LogP contribution in [0.15, 0.2) is 23.1 Å². The molecule has 0 aliphatic carbocycles. The Kier molecular flexibility index (Phi) is 3.71. The molecule has 6 heteroatoms. The van der Waals surface area contributed by atoms with Gasteiger partial charge in [0.15, 0.2) is 0 Å². The largest absolute Gasteiger partial charge is 0.495 e. The van der Waals surface area contributed by atoms with Gasteiger partial charge in [0.2, 0.25) is 10.0 Å². The molecule has 1 N–H and O–H groups in total. The monoisotopic (exact) mass is 310 g/mol. The number of hydrogen-bond acceptors (Lipinski definition) is 4. The summed E-state index contributed by atoms with van der Waals surface area (Å²) in [7, 11) is -1.98. The van der Waals surface area contributed by atoms with E-state index < -0.39 is 10.0 Å². The zero-order chi connectivity index (χ0) is 15.1. The van der Waals surface area contributed by atoms with Crippen molar-refractivity contribution in [3.8, 4) is 5.75 Å². The first-order valence-electron chi connectivity index (χ1n) is 7.32. The van der Waals surface area contributed by atoms with Crippen LogP contribution in [-0.4, -0.2) is 46.0 Å². The van der Waals surface area contributed by atoms with Crippen molar-refractivity contribution in [3.63, 3.8) is 0 Å². The van der Waals surface area contributed by atoms with Gasteiger partial charge in [-0.25, -0.2) is 8.42 Å². The van der Waals surface area contributed by atoms with Crippen molar-refractivity contribution in [2.75, 3.05) is 33.3 Å². The van der Waals surface area contributed by atoms with E-state index in [9.17, 15) is 8.42 Å². The van der Waals surface area contributed by atoms with Crippen molar-refractivity contribution in [3.05, 3.63) is 23.8 Å². The third kappa shape index (κ3) is 2.56. The Labute approximate surface area is 126 Å². The summed E-state index contributed by atoms with van der Waals surface area (Å²) in [5.74, 6) is 0.422. The maximum Gasteiger partial charge on any atom is 0.246 e. The Hall–Kier alpha value is -1.11. The Morgan fingerprint density at radius 1 is 1.33 bits per heavy atom. The fourth-order valence-electron chi connectivity index (χ4n) is 3.37. The molecule has 0 amide bonds. The van der Waals surface area contributed by atoms with Gasteiger partial charge in [0.05, 0.1) is 7.11 Å². The van der Waals surface area contributed by atoms with Crippen LogP contribution in [0.2, 0.25) is 0 Å². The second-order valence-corrected chi connectivity index (χ2v) is 8.08. The molecule has 3 rings (SSSR count). The van der Waals surface area contributed by atoms with E-state index in [4.69, 9.17) is 4.74 Å². The lowest BCUT2D eigenvalue weighted by Crippen LogP contribution is -2.33. The molecule has 2 saturated heterocycles. The van der Waals surface area contributed by atoms with E-state index in [1.807, 2.05) is 13.0 Å². The lowest BCUT2D eigenvalue weighted by Gasteiger charge is -2.23. The summed E-state index contributed by atoms with van der Waals surface area (Å²) in [6.45, 7) is 5.01. The number of hydrogen-bond donors (Lipinski definition) is 1. The van der Waals surface area contributed by atoms with Gasteiger partial charge in [-0.1, -0.05) is 6.07 Å². The van der Waals surface area contributed by atoms with Gasteiger partial charge in [0.25, 0.3) is 0 Å². The molecule has 2 heterocycles. The number of nitrogens with one attached hydrogen (secondary N) is 1. The molecule has 21 heavy (non-hydrogen) atoms. The van der Waals surface area contributed by atoms with Crippen molar-refractivity contribution in [1.29, 1.82) is 0 Å². The zero-order valence-corrected chi connectivity index (χ0v) is 13.4. The van der Waals surface area contributed by atoms with Gasteiger partial charge in [-0.15, -0.1) is 0 Å². The molecule has 1 atom stereocenters. The summed E-state index contributed by atoms with van der Waals surface area (Å²) in [6, 6.07) is 5.29. The maximum absolute atomic E-state index is 12.9. The quantitative estimate of drug-likeness (QED) is 0.916. The minimum absolute atomic E-state index is 0.129. The highest BCUT2D eigenvalue weighted by Crippen LogP contribution is 2.39. The van der Waals surface area contributed by atoms with Crippen LogP contribution in [0.5, 0.6) is 5.75 Å². The van der Waals surface area contributed by atoms with Gasteiger partial charge in [-0.05, 0) is 49.4 Å². The molecular formula is C15H22N2O3S. The first kappa shape index (κ1) is 14.8. The molecular weight excluding hydrogens is 288 g/mol. The molecule has 0 aromatic heterocycles. The van der Waals surface area contributed by atoms with Gasteiger partial charge < -0.3 is 10.1 Å². The van der Waals surface area contributed by atoms with Crippen molar-refractivity contribution in [2.24, 2.45) is 5.41 Å². The van der Waals surface area contributed by atoms with Crippen molar-refractivity contribution >= 4 is 10.0 Å². The summed E-state index contributed by atoms with van der Waals surface area (Å²) < 4.78 is 32.7. The molecule has 1 spiro atoms. The lowest BCUT2D eigenvalue weighted by atomic mass is 9.87. The fourth-order valence-corrected chi connectivity index (χ4v) is 5.16. The normalized spacial score (nSPS) is 26.6. The Morgan fingerprint density at radius 2 is 2.14 bits per heavy atom. The van der Waals surface area contributed by atoms with E-state index >= 15 is 0 Å². The average molecular weight is 310 g/mol. The number of nitrogens with zero attached hydrogens (tertiary/aromatic N) is 1. The van der Waals surface area contributed by atoms with Crippen LogP contribution in [0, 0.1) is 12.3 Å². The Balaban J connectivity index is 1.93. The van der Waals surface area contributed by atoms with E-state index in [2.05, 4.69) is 5.32 Å². The zero-order valence-electron chi connectivity index (χ0n) is 12.6. The first-order chi connectivity index (χ1) is 9.97. The van der Waals surface area contributed by atoms with Gasteiger partial charge in [0, 0.05) is 19.6 Å². The topological polar surface area (TPSA) is 58.6 Å². The average Bonchev–Trinajstić information content (AvgIpc) is 3.10. The molecule has 2 fully saturated rings. The van der Waals surface area contributed by atoms with Crippen molar-refractivity contribution in [2.45, 2.75) is 24.7 Å². The van der Waals surface area contributed by atoms with Gasteiger partial charge >= 0.3 is 0 Å². The van der Waals surface area contributed by atoms with Crippen molar-refractivity contribution < 1.29 is 13.2 Å². The van der Waals surface area contributed by atoms with Gasteiger partial charge in [0.1, 0.15) is 10.6 Å². The van der Waals surface area contributed by atoms with E-state index in [1.54, 1.807) is 16.4 Å². The summed E-state index contributed by atoms with van der Waals surface area (Å²) in [5, 5.41) is 3.35. The molecule has 1 aromatic carbocycles. The molecule has 0 bridgehead atoms. The van der Waals surface area contributed by atoms with Crippen LogP contribution in [-0.2, 0) is 10.0 Å². The number of aryl methyl sites for hydroxylation is 1. The fraction of sp³-hybridized carbons (Fsp3) is 0.600. The highest BCUT2D eigenvalue weighted by molar-refractivity contribution is 7.89. The maximum atomic E-state index is 12.9. The van der Waals surface area contributed by atoms with E-state index in [-0.39, 0.29) is 10.3 Å². The molecule has 5 nitrogen and oxygen atoms in total. The van der Waals surface area contributed by atoms with Gasteiger partial charge in [-0.2, -0.15) is 4.31 Å². The Morgan fingerprint density at radius 3 is 2.81 bits per heavy atom. The second kappa shape index (κ2) is 5.26. The Bertz CT molecular complexity index is 636.